The number of fused-ring (bicyclic) bond motifs is 1. The first-order valence-electron chi connectivity index (χ1n) is 11.3. The zero-order valence-corrected chi connectivity index (χ0v) is 18.9. The highest BCUT2D eigenvalue weighted by atomic mass is 16.3. The molecule has 2 aliphatic rings. The van der Waals surface area contributed by atoms with Crippen LogP contribution in [0.2, 0.25) is 0 Å². The smallest absolute Gasteiger partial charge is 0.273 e. The number of hydrogen-bond donors (Lipinski definition) is 2. The van der Waals surface area contributed by atoms with E-state index in [2.05, 4.69) is 15.6 Å². The average Bonchev–Trinajstić information content (AvgIpc) is 3.50. The number of hydrogen-bond acceptors (Lipinski definition) is 5. The van der Waals surface area contributed by atoms with Crippen LogP contribution in [0.5, 0.6) is 0 Å². The Morgan fingerprint density at radius 2 is 2.03 bits per heavy atom. The molecule has 0 bridgehead atoms. The van der Waals surface area contributed by atoms with Crippen LogP contribution in [0.15, 0.2) is 22.9 Å². The molecule has 0 aromatic carbocycles. The van der Waals surface area contributed by atoms with Crippen LogP contribution in [0.3, 0.4) is 0 Å². The number of aryl methyl sites for hydroxylation is 1. The molecule has 0 radical (unpaired) electrons. The Labute approximate surface area is 187 Å². The summed E-state index contributed by atoms with van der Waals surface area (Å²) in [6, 6.07) is 3.78. The van der Waals surface area contributed by atoms with Gasteiger partial charge in [0.2, 0.25) is 5.91 Å². The minimum atomic E-state index is -1.04. The topological polar surface area (TPSA) is 109 Å². The average molecular weight is 442 g/mol. The summed E-state index contributed by atoms with van der Waals surface area (Å²) in [5.41, 5.74) is -0.752. The molecular weight excluding hydrogens is 410 g/mol. The predicted octanol–water partition coefficient (Wildman–Crippen LogP) is 2.40. The minimum Gasteiger partial charge on any atom is -0.465 e. The molecular formula is C23H31N5O4. The van der Waals surface area contributed by atoms with Crippen molar-refractivity contribution >= 4 is 17.7 Å². The van der Waals surface area contributed by atoms with Crippen LogP contribution < -0.4 is 10.6 Å². The SMILES string of the molecule is CCCN1C(=O)c2c(C(=O)NCc3ccc(C)o3)ncn2CC1(C)C(=O)NC1CCCC1. The first kappa shape index (κ1) is 22.1. The molecule has 9 heteroatoms. The number of imidazole rings is 1. The van der Waals surface area contributed by atoms with Crippen molar-refractivity contribution in [2.45, 2.75) is 77.5 Å². The molecule has 1 atom stereocenters. The van der Waals surface area contributed by atoms with Crippen molar-refractivity contribution in [1.82, 2.24) is 25.1 Å². The maximum absolute atomic E-state index is 13.5. The number of aromatic nitrogens is 2. The Hall–Kier alpha value is -3.10. The van der Waals surface area contributed by atoms with Crippen LogP contribution in [0.25, 0.3) is 0 Å². The first-order valence-corrected chi connectivity index (χ1v) is 11.3. The second-order valence-electron chi connectivity index (χ2n) is 8.95. The number of amides is 3. The van der Waals surface area contributed by atoms with Gasteiger partial charge >= 0.3 is 0 Å². The van der Waals surface area contributed by atoms with E-state index in [9.17, 15) is 14.4 Å². The molecule has 172 valence electrons. The van der Waals surface area contributed by atoms with Gasteiger partial charge in [-0.3, -0.25) is 14.4 Å². The summed E-state index contributed by atoms with van der Waals surface area (Å²) in [5, 5.41) is 5.91. The fourth-order valence-corrected chi connectivity index (χ4v) is 4.67. The summed E-state index contributed by atoms with van der Waals surface area (Å²) in [6.45, 7) is 6.47. The maximum atomic E-state index is 13.5. The van der Waals surface area contributed by atoms with Gasteiger partial charge in [-0.25, -0.2) is 4.98 Å². The van der Waals surface area contributed by atoms with E-state index in [0.29, 0.717) is 18.7 Å². The fraction of sp³-hybridized carbons (Fsp3) is 0.565. The van der Waals surface area contributed by atoms with Gasteiger partial charge in [0.05, 0.1) is 19.4 Å². The molecule has 1 unspecified atom stereocenters. The van der Waals surface area contributed by atoms with E-state index in [1.807, 2.05) is 19.9 Å². The molecule has 4 rings (SSSR count). The number of nitrogens with one attached hydrogen (secondary N) is 2. The van der Waals surface area contributed by atoms with E-state index < -0.39 is 11.4 Å². The lowest BCUT2D eigenvalue weighted by molar-refractivity contribution is -0.133. The molecule has 1 saturated carbocycles. The van der Waals surface area contributed by atoms with Crippen LogP contribution in [-0.4, -0.2) is 50.3 Å². The van der Waals surface area contributed by atoms with Crippen molar-refractivity contribution in [3.8, 4) is 0 Å². The Balaban J connectivity index is 1.56. The van der Waals surface area contributed by atoms with Gasteiger partial charge < -0.3 is 24.5 Å². The first-order chi connectivity index (χ1) is 15.3. The second-order valence-corrected chi connectivity index (χ2v) is 8.95. The van der Waals surface area contributed by atoms with E-state index in [1.165, 1.54) is 6.33 Å². The van der Waals surface area contributed by atoms with Crippen molar-refractivity contribution in [3.63, 3.8) is 0 Å². The van der Waals surface area contributed by atoms with E-state index in [4.69, 9.17) is 4.42 Å². The molecule has 32 heavy (non-hydrogen) atoms. The summed E-state index contributed by atoms with van der Waals surface area (Å²) in [5.74, 6) is 0.438. The van der Waals surface area contributed by atoms with Gasteiger partial charge in [-0.05, 0) is 45.2 Å². The van der Waals surface area contributed by atoms with E-state index in [0.717, 1.165) is 31.4 Å². The Bertz CT molecular complexity index is 1020. The summed E-state index contributed by atoms with van der Waals surface area (Å²) in [4.78, 5) is 45.4. The van der Waals surface area contributed by atoms with Crippen molar-refractivity contribution < 1.29 is 18.8 Å². The fourth-order valence-electron chi connectivity index (χ4n) is 4.67. The third-order valence-electron chi connectivity index (χ3n) is 6.42. The standard InChI is InChI=1S/C23H31N5O4/c1-4-11-28-21(30)19-18(20(29)24-12-17-10-9-15(2)32-17)25-14-27(19)13-23(28,3)22(31)26-16-7-5-6-8-16/h9-10,14,16H,4-8,11-13H2,1-3H3,(H,24,29)(H,26,31). The minimum absolute atomic E-state index is 0.0673. The van der Waals surface area contributed by atoms with Gasteiger partial charge in [-0.2, -0.15) is 0 Å². The highest BCUT2D eigenvalue weighted by Gasteiger charge is 2.48. The molecule has 2 aromatic heterocycles. The molecule has 3 heterocycles. The van der Waals surface area contributed by atoms with Gasteiger partial charge in [0.15, 0.2) is 5.69 Å². The van der Waals surface area contributed by atoms with Crippen molar-refractivity contribution in [1.29, 1.82) is 0 Å². The molecule has 2 aromatic rings. The van der Waals surface area contributed by atoms with Crippen LogP contribution >= 0.6 is 0 Å². The van der Waals surface area contributed by atoms with Crippen molar-refractivity contribution in [2.75, 3.05) is 6.54 Å². The summed E-state index contributed by atoms with van der Waals surface area (Å²) in [7, 11) is 0. The third kappa shape index (κ3) is 4.03. The van der Waals surface area contributed by atoms with Crippen LogP contribution in [0.4, 0.5) is 0 Å². The molecule has 1 aliphatic heterocycles. The Morgan fingerprint density at radius 3 is 2.69 bits per heavy atom. The Morgan fingerprint density at radius 1 is 1.28 bits per heavy atom. The van der Waals surface area contributed by atoms with Crippen LogP contribution in [0, 0.1) is 6.92 Å². The van der Waals surface area contributed by atoms with Crippen molar-refractivity contribution in [2.24, 2.45) is 0 Å². The monoisotopic (exact) mass is 441 g/mol. The van der Waals surface area contributed by atoms with Crippen molar-refractivity contribution in [3.05, 3.63) is 41.4 Å². The molecule has 1 fully saturated rings. The van der Waals surface area contributed by atoms with Gasteiger partial charge in [-0.15, -0.1) is 0 Å². The largest absolute Gasteiger partial charge is 0.465 e. The third-order valence-corrected chi connectivity index (χ3v) is 6.42. The number of nitrogens with zero attached hydrogens (tertiary/aromatic N) is 3. The molecule has 0 spiro atoms. The highest BCUT2D eigenvalue weighted by molar-refractivity contribution is 6.07. The van der Waals surface area contributed by atoms with Crippen LogP contribution in [0.1, 0.15) is 78.4 Å². The number of carbonyl (C=O) groups is 3. The second kappa shape index (κ2) is 8.80. The summed E-state index contributed by atoms with van der Waals surface area (Å²) in [6.07, 6.45) is 6.34. The number of furan rings is 1. The predicted molar refractivity (Wildman–Crippen MR) is 117 cm³/mol. The van der Waals surface area contributed by atoms with Gasteiger partial charge in [0, 0.05) is 12.6 Å². The molecule has 0 saturated heterocycles. The quantitative estimate of drug-likeness (QED) is 0.686. The normalized spacial score (nSPS) is 21.0. The van der Waals surface area contributed by atoms with Gasteiger partial charge in [0.1, 0.15) is 22.8 Å². The van der Waals surface area contributed by atoms with Gasteiger partial charge in [0.25, 0.3) is 11.8 Å². The lowest BCUT2D eigenvalue weighted by Gasteiger charge is -2.44. The lowest BCUT2D eigenvalue weighted by atomic mass is 9.93. The van der Waals surface area contributed by atoms with E-state index in [-0.39, 0.29) is 42.3 Å². The number of carbonyl (C=O) groups excluding carboxylic acids is 3. The lowest BCUT2D eigenvalue weighted by Crippen LogP contribution is -2.65. The zero-order chi connectivity index (χ0) is 22.9. The summed E-state index contributed by atoms with van der Waals surface area (Å²) >= 11 is 0. The number of rotatable bonds is 7. The molecule has 2 N–H and O–H groups in total. The molecule has 1 aliphatic carbocycles. The van der Waals surface area contributed by atoms with E-state index >= 15 is 0 Å². The Kier molecular flexibility index (Phi) is 6.08. The van der Waals surface area contributed by atoms with E-state index in [1.54, 1.807) is 22.5 Å². The van der Waals surface area contributed by atoms with Gasteiger partial charge in [-0.1, -0.05) is 19.8 Å². The molecule has 9 nitrogen and oxygen atoms in total. The van der Waals surface area contributed by atoms with Crippen LogP contribution in [-0.2, 0) is 17.9 Å². The molecule has 3 amide bonds. The summed E-state index contributed by atoms with van der Waals surface area (Å²) < 4.78 is 7.12. The highest BCUT2D eigenvalue weighted by Crippen LogP contribution is 2.30. The zero-order valence-electron chi connectivity index (χ0n) is 18.9. The maximum Gasteiger partial charge on any atom is 0.273 e.